The molecule has 0 heterocycles. The van der Waals surface area contributed by atoms with Crippen molar-refractivity contribution in [1.82, 2.24) is 0 Å². The van der Waals surface area contributed by atoms with Gasteiger partial charge >= 0.3 is 153 Å². The van der Waals surface area contributed by atoms with E-state index in [1.54, 1.807) is 0 Å². The van der Waals surface area contributed by atoms with Crippen LogP contribution in [0.1, 0.15) is 6.92 Å². The Hall–Kier alpha value is -1.69. The molecule has 0 aliphatic rings. The molecule has 0 spiro atoms. The third-order valence-electron chi connectivity index (χ3n) is 4.57. The number of halogens is 1. The molecule has 0 aliphatic heterocycles. The fraction of sp³-hybridized carbons (Fsp3) is 0.0909. The molecule has 0 amide bonds. The van der Waals surface area contributed by atoms with Gasteiger partial charge in [-0.1, -0.05) is 0 Å². The van der Waals surface area contributed by atoms with Gasteiger partial charge in [-0.25, -0.2) is 0 Å². The molecule has 0 unspecified atom stereocenters. The van der Waals surface area contributed by atoms with Crippen LogP contribution < -0.4 is 15.9 Å². The summed E-state index contributed by atoms with van der Waals surface area (Å²) in [5, 5.41) is 1.35. The fourth-order valence-corrected chi connectivity index (χ4v) is 10.4. The van der Waals surface area contributed by atoms with Crippen molar-refractivity contribution in [1.29, 1.82) is 0 Å². The van der Waals surface area contributed by atoms with E-state index in [0.717, 1.165) is 6.16 Å². The quantitative estimate of drug-likeness (QED) is 0.399. The van der Waals surface area contributed by atoms with Gasteiger partial charge in [-0.15, -0.1) is 0 Å². The summed E-state index contributed by atoms with van der Waals surface area (Å²) in [5.74, 6) is 0. The summed E-state index contributed by atoms with van der Waals surface area (Å²) in [5.41, 5.74) is 0. The summed E-state index contributed by atoms with van der Waals surface area (Å²) in [7, 11) is 0. The third-order valence-corrected chi connectivity index (χ3v) is 14.1. The van der Waals surface area contributed by atoms with Crippen molar-refractivity contribution in [3.63, 3.8) is 0 Å². The van der Waals surface area contributed by atoms with Crippen LogP contribution in [0.15, 0.2) is 103 Å². The van der Waals surface area contributed by atoms with Crippen LogP contribution in [-0.2, 0) is 0 Å². The van der Waals surface area contributed by atoms with Crippen LogP contribution in [-0.4, -0.2) is 6.16 Å². The fourth-order valence-electron chi connectivity index (χ4n) is 3.28. The van der Waals surface area contributed by atoms with E-state index in [1.807, 2.05) is 0 Å². The Morgan fingerprint density at radius 3 is 1.29 bits per heavy atom. The van der Waals surface area contributed by atoms with Gasteiger partial charge in [0.25, 0.3) is 0 Å². The third kappa shape index (κ3) is 2.77. The second-order valence-electron chi connectivity index (χ2n) is 5.94. The van der Waals surface area contributed by atoms with Crippen LogP contribution in [0.5, 0.6) is 0 Å². The van der Waals surface area contributed by atoms with Gasteiger partial charge in [-0.3, -0.25) is 0 Å². The normalized spacial score (nSPS) is 13.5. The van der Waals surface area contributed by atoms with Crippen molar-refractivity contribution in [2.24, 2.45) is 0 Å². The molecular formula is C22H22BrP. The molecule has 3 rings (SSSR count). The van der Waals surface area contributed by atoms with Gasteiger partial charge in [0.2, 0.25) is 0 Å². The van der Waals surface area contributed by atoms with Gasteiger partial charge in [0.05, 0.1) is 0 Å². The zero-order valence-corrected chi connectivity index (χ0v) is 16.3. The Labute approximate surface area is 152 Å². The average molecular weight is 397 g/mol. The molecule has 0 bridgehead atoms. The van der Waals surface area contributed by atoms with E-state index in [1.165, 1.54) is 15.9 Å². The number of hydrogen-bond donors (Lipinski definition) is 0. The standard InChI is InChI=1S/C22H22BrP/c1-2-3-19-24(23,20-13-7-4-8-14-20,21-15-9-5-10-16-21)22-17-11-6-12-18-22/h2-18H,19H2,1H3. The van der Waals surface area contributed by atoms with E-state index in [2.05, 4.69) is 126 Å². The van der Waals surface area contributed by atoms with Gasteiger partial charge in [-0.2, -0.15) is 0 Å². The number of allylic oxidation sites excluding steroid dienone is 2. The first kappa shape index (κ1) is 17.1. The first-order valence-electron chi connectivity index (χ1n) is 8.21. The molecule has 0 atom stereocenters. The summed E-state index contributed by atoms with van der Waals surface area (Å²) in [4.78, 5) is 0. The predicted molar refractivity (Wildman–Crippen MR) is 114 cm³/mol. The second-order valence-corrected chi connectivity index (χ2v) is 14.9. The first-order chi connectivity index (χ1) is 11.7. The number of hydrogen-bond acceptors (Lipinski definition) is 0. The predicted octanol–water partition coefficient (Wildman–Crippen LogP) is 5.40. The summed E-state index contributed by atoms with van der Waals surface area (Å²) in [6.45, 7) is 2.09. The zero-order chi connectivity index (χ0) is 16.9. The maximum absolute atomic E-state index is 4.40. The van der Waals surface area contributed by atoms with Gasteiger partial charge < -0.3 is 0 Å². The van der Waals surface area contributed by atoms with Crippen molar-refractivity contribution < 1.29 is 0 Å². The topological polar surface area (TPSA) is 0 Å². The summed E-state index contributed by atoms with van der Waals surface area (Å²) < 4.78 is 0. The molecule has 122 valence electrons. The van der Waals surface area contributed by atoms with Crippen LogP contribution in [0.2, 0.25) is 0 Å². The molecule has 0 aromatic heterocycles. The maximum atomic E-state index is 4.40. The molecule has 3 aromatic carbocycles. The molecule has 0 aliphatic carbocycles. The van der Waals surface area contributed by atoms with Crippen molar-refractivity contribution >= 4 is 36.7 Å². The summed E-state index contributed by atoms with van der Waals surface area (Å²) in [6.07, 6.45) is 5.40. The summed E-state index contributed by atoms with van der Waals surface area (Å²) in [6, 6.07) is 32.7. The Bertz CT molecular complexity index is 711. The van der Waals surface area contributed by atoms with Crippen LogP contribution in [0.4, 0.5) is 0 Å². The Balaban J connectivity index is 2.42. The van der Waals surface area contributed by atoms with Gasteiger partial charge in [0.1, 0.15) is 0 Å². The minimum atomic E-state index is -2.73. The molecule has 0 N–H and O–H groups in total. The second kappa shape index (κ2) is 7.05. The van der Waals surface area contributed by atoms with Crippen molar-refractivity contribution in [3.05, 3.63) is 103 Å². The number of benzene rings is 3. The van der Waals surface area contributed by atoms with Crippen molar-refractivity contribution in [2.75, 3.05) is 6.16 Å². The molecule has 0 fully saturated rings. The van der Waals surface area contributed by atoms with Gasteiger partial charge in [-0.05, 0) is 0 Å². The monoisotopic (exact) mass is 396 g/mol. The van der Waals surface area contributed by atoms with Crippen LogP contribution in [0.25, 0.3) is 0 Å². The molecule has 24 heavy (non-hydrogen) atoms. The molecule has 0 radical (unpaired) electrons. The van der Waals surface area contributed by atoms with Crippen molar-refractivity contribution in [2.45, 2.75) is 6.92 Å². The Kier molecular flexibility index (Phi) is 5.04. The van der Waals surface area contributed by atoms with E-state index < -0.39 is 5.31 Å². The van der Waals surface area contributed by atoms with Crippen LogP contribution in [0.3, 0.4) is 0 Å². The zero-order valence-electron chi connectivity index (χ0n) is 13.8. The average Bonchev–Trinajstić information content (AvgIpc) is 2.68. The Morgan fingerprint density at radius 1 is 0.667 bits per heavy atom. The Morgan fingerprint density at radius 2 is 1.00 bits per heavy atom. The summed E-state index contributed by atoms with van der Waals surface area (Å²) >= 11 is 4.40. The van der Waals surface area contributed by atoms with E-state index >= 15 is 0 Å². The van der Waals surface area contributed by atoms with Crippen LogP contribution >= 0.6 is 20.8 Å². The molecular weight excluding hydrogens is 375 g/mol. The van der Waals surface area contributed by atoms with E-state index in [-0.39, 0.29) is 0 Å². The SMILES string of the molecule is CC=CCP(Br)(c1ccccc1)(c1ccccc1)c1ccccc1. The first-order valence-corrected chi connectivity index (χ1v) is 12.6. The van der Waals surface area contributed by atoms with Gasteiger partial charge in [0, 0.05) is 0 Å². The van der Waals surface area contributed by atoms with Crippen molar-refractivity contribution in [3.8, 4) is 0 Å². The molecule has 2 heteroatoms. The molecule has 0 saturated carbocycles. The minimum absolute atomic E-state index is 0.958. The molecule has 0 saturated heterocycles. The van der Waals surface area contributed by atoms with E-state index in [0.29, 0.717) is 0 Å². The van der Waals surface area contributed by atoms with Gasteiger partial charge in [0.15, 0.2) is 0 Å². The van der Waals surface area contributed by atoms with Crippen LogP contribution in [0, 0.1) is 0 Å². The molecule has 3 aromatic rings. The van der Waals surface area contributed by atoms with E-state index in [9.17, 15) is 0 Å². The van der Waals surface area contributed by atoms with E-state index in [4.69, 9.17) is 0 Å². The number of rotatable bonds is 5. The molecule has 0 nitrogen and oxygen atoms in total.